The van der Waals surface area contributed by atoms with Gasteiger partial charge >= 0.3 is 5.97 Å². The van der Waals surface area contributed by atoms with Crippen LogP contribution in [0.15, 0.2) is 30.0 Å². The summed E-state index contributed by atoms with van der Waals surface area (Å²) < 4.78 is 11.0. The minimum atomic E-state index is -0.376. The van der Waals surface area contributed by atoms with E-state index in [0.717, 1.165) is 5.56 Å². The summed E-state index contributed by atoms with van der Waals surface area (Å²) in [6, 6.07) is 4.84. The molecular weight excluding hydrogens is 307 g/mol. The van der Waals surface area contributed by atoms with E-state index in [1.165, 1.54) is 12.1 Å². The first kappa shape index (κ1) is 14.5. The number of carbonyl (C=O) groups excluding carboxylic acids is 1. The quantitative estimate of drug-likeness (QED) is 0.662. The zero-order chi connectivity index (χ0) is 13.8. The lowest BCUT2D eigenvalue weighted by Crippen LogP contribution is -2.30. The van der Waals surface area contributed by atoms with Crippen molar-refractivity contribution in [3.05, 3.63) is 45.6 Å². The monoisotopic (exact) mass is 318 g/mol. The Bertz CT molecular complexity index is 522. The average molecular weight is 319 g/mol. The maximum atomic E-state index is 11.9. The second-order valence-corrected chi connectivity index (χ2v) is 5.28. The van der Waals surface area contributed by atoms with E-state index >= 15 is 0 Å². The summed E-state index contributed by atoms with van der Waals surface area (Å²) >= 11 is 13.3. The average Bonchev–Trinajstić information content (AvgIpc) is 2.39. The Balaban J connectivity index is 2.33. The van der Waals surface area contributed by atoms with Gasteiger partial charge in [0.25, 0.3) is 0 Å². The topological polar surface area (TPSA) is 50.4 Å². The minimum Gasteiger partial charge on any atom is -0.463 e. The first-order valence-corrected chi connectivity index (χ1v) is 7.19. The number of halogens is 2. The molecule has 0 aromatic heterocycles. The molecular formula is C12H12Cl2N2O2S. The molecule has 19 heavy (non-hydrogen) atoms. The molecule has 0 amide bonds. The highest BCUT2D eigenvalue weighted by Crippen LogP contribution is 2.33. The van der Waals surface area contributed by atoms with Crippen LogP contribution in [0.25, 0.3) is 0 Å². The van der Waals surface area contributed by atoms with E-state index in [1.54, 1.807) is 31.3 Å². The maximum Gasteiger partial charge on any atom is 0.337 e. The first-order chi connectivity index (χ1) is 9.13. The molecule has 1 unspecified atom stereocenters. The number of hydrogen-bond donors (Lipinski definition) is 2. The summed E-state index contributed by atoms with van der Waals surface area (Å²) in [6.45, 7) is 2.09. The molecule has 0 saturated heterocycles. The van der Waals surface area contributed by atoms with Gasteiger partial charge in [0.15, 0.2) is 0 Å². The fourth-order valence-electron chi connectivity index (χ4n) is 1.69. The lowest BCUT2D eigenvalue weighted by atomic mass is 10.00. The summed E-state index contributed by atoms with van der Waals surface area (Å²) in [4.78, 5) is 11.9. The van der Waals surface area contributed by atoms with Gasteiger partial charge in [-0.3, -0.25) is 0 Å². The number of esters is 1. The SMILES string of the molecule is CCOC(=O)C1=CNSNC1c1ccc(Cl)cc1Cl. The Morgan fingerprint density at radius 2 is 2.26 bits per heavy atom. The van der Waals surface area contributed by atoms with Gasteiger partial charge < -0.3 is 9.46 Å². The molecule has 1 aliphatic rings. The Hall–Kier alpha value is -0.880. The third-order valence-electron chi connectivity index (χ3n) is 2.55. The van der Waals surface area contributed by atoms with Crippen LogP contribution in [0.1, 0.15) is 18.5 Å². The van der Waals surface area contributed by atoms with Crippen LogP contribution in [0.2, 0.25) is 10.0 Å². The second kappa shape index (κ2) is 6.52. The Kier molecular flexibility index (Phi) is 4.99. The van der Waals surface area contributed by atoms with E-state index in [9.17, 15) is 4.79 Å². The maximum absolute atomic E-state index is 11.9. The molecule has 2 N–H and O–H groups in total. The smallest absolute Gasteiger partial charge is 0.337 e. The van der Waals surface area contributed by atoms with E-state index in [0.29, 0.717) is 22.2 Å². The van der Waals surface area contributed by atoms with Gasteiger partial charge in [-0.2, -0.15) is 0 Å². The summed E-state index contributed by atoms with van der Waals surface area (Å²) in [6.07, 6.45) is 1.62. The fourth-order valence-corrected chi connectivity index (χ4v) is 2.83. The number of hydrogen-bond acceptors (Lipinski definition) is 5. The molecule has 0 spiro atoms. The summed E-state index contributed by atoms with van der Waals surface area (Å²) in [5, 5.41) is 1.06. The molecule has 0 bridgehead atoms. The van der Waals surface area contributed by atoms with Crippen molar-refractivity contribution in [2.24, 2.45) is 0 Å². The highest BCUT2D eigenvalue weighted by Gasteiger charge is 2.28. The van der Waals surface area contributed by atoms with Gasteiger partial charge in [-0.05, 0) is 24.6 Å². The Morgan fingerprint density at radius 1 is 1.47 bits per heavy atom. The van der Waals surface area contributed by atoms with Crippen molar-refractivity contribution in [2.75, 3.05) is 6.61 Å². The highest BCUT2D eigenvalue weighted by atomic mass is 35.5. The standard InChI is InChI=1S/C12H12Cl2N2O2S/c1-2-18-12(17)9-6-15-19-16-11(9)8-4-3-7(13)5-10(8)14/h3-6,11,15-16H,2H2,1H3. The zero-order valence-corrected chi connectivity index (χ0v) is 12.4. The molecule has 0 fully saturated rings. The van der Waals surface area contributed by atoms with Gasteiger partial charge in [0.05, 0.1) is 18.2 Å². The number of carbonyl (C=O) groups is 1. The second-order valence-electron chi connectivity index (χ2n) is 3.76. The molecule has 7 heteroatoms. The van der Waals surface area contributed by atoms with Gasteiger partial charge in [-0.15, -0.1) is 0 Å². The molecule has 4 nitrogen and oxygen atoms in total. The zero-order valence-electron chi connectivity index (χ0n) is 10.1. The number of ether oxygens (including phenoxy) is 1. The van der Waals surface area contributed by atoms with Gasteiger partial charge in [0, 0.05) is 28.4 Å². The van der Waals surface area contributed by atoms with Crippen LogP contribution in [0.5, 0.6) is 0 Å². The third kappa shape index (κ3) is 3.36. The van der Waals surface area contributed by atoms with Crippen molar-refractivity contribution in [3.63, 3.8) is 0 Å². The van der Waals surface area contributed by atoms with Crippen molar-refractivity contribution >= 4 is 41.3 Å². The highest BCUT2D eigenvalue weighted by molar-refractivity contribution is 7.95. The van der Waals surface area contributed by atoms with Crippen LogP contribution in [0, 0.1) is 0 Å². The van der Waals surface area contributed by atoms with Crippen molar-refractivity contribution < 1.29 is 9.53 Å². The molecule has 1 aromatic carbocycles. The van der Waals surface area contributed by atoms with Crippen LogP contribution in [-0.2, 0) is 9.53 Å². The normalized spacial score (nSPS) is 18.5. The van der Waals surface area contributed by atoms with Crippen LogP contribution >= 0.6 is 35.3 Å². The number of nitrogens with one attached hydrogen (secondary N) is 2. The van der Waals surface area contributed by atoms with Gasteiger partial charge in [0.1, 0.15) is 0 Å². The molecule has 2 rings (SSSR count). The molecule has 102 valence electrons. The summed E-state index contributed by atoms with van der Waals surface area (Å²) in [5.41, 5.74) is 1.25. The lowest BCUT2D eigenvalue weighted by Gasteiger charge is -2.25. The van der Waals surface area contributed by atoms with Crippen molar-refractivity contribution in [1.29, 1.82) is 0 Å². The molecule has 1 atom stereocenters. The molecule has 1 aliphatic heterocycles. The van der Waals surface area contributed by atoms with Crippen LogP contribution < -0.4 is 9.44 Å². The van der Waals surface area contributed by atoms with Crippen LogP contribution in [0.3, 0.4) is 0 Å². The van der Waals surface area contributed by atoms with Gasteiger partial charge in [-0.25, -0.2) is 9.52 Å². The Morgan fingerprint density at radius 3 is 2.95 bits per heavy atom. The fraction of sp³-hybridized carbons (Fsp3) is 0.250. The predicted molar refractivity (Wildman–Crippen MR) is 77.8 cm³/mol. The van der Waals surface area contributed by atoms with E-state index in [1.807, 2.05) is 0 Å². The Labute approximate surface area is 125 Å². The molecule has 1 heterocycles. The molecule has 0 aliphatic carbocycles. The van der Waals surface area contributed by atoms with E-state index in [4.69, 9.17) is 27.9 Å². The largest absolute Gasteiger partial charge is 0.463 e. The third-order valence-corrected chi connectivity index (χ3v) is 3.70. The van der Waals surface area contributed by atoms with Crippen molar-refractivity contribution in [3.8, 4) is 0 Å². The summed E-state index contributed by atoms with van der Waals surface area (Å²) in [7, 11) is 0. The van der Waals surface area contributed by atoms with Crippen LogP contribution in [0.4, 0.5) is 0 Å². The van der Waals surface area contributed by atoms with Crippen molar-refractivity contribution in [1.82, 2.24) is 9.44 Å². The molecule has 1 aromatic rings. The van der Waals surface area contributed by atoms with E-state index in [-0.39, 0.29) is 12.0 Å². The number of rotatable bonds is 3. The molecule has 0 radical (unpaired) electrons. The van der Waals surface area contributed by atoms with Gasteiger partial charge in [0.2, 0.25) is 0 Å². The number of benzene rings is 1. The predicted octanol–water partition coefficient (Wildman–Crippen LogP) is 3.24. The molecule has 0 saturated carbocycles. The lowest BCUT2D eigenvalue weighted by molar-refractivity contribution is -0.138. The van der Waals surface area contributed by atoms with Crippen molar-refractivity contribution in [2.45, 2.75) is 13.0 Å². The first-order valence-electron chi connectivity index (χ1n) is 5.62. The van der Waals surface area contributed by atoms with Crippen LogP contribution in [-0.4, -0.2) is 12.6 Å². The van der Waals surface area contributed by atoms with E-state index < -0.39 is 0 Å². The summed E-state index contributed by atoms with van der Waals surface area (Å²) in [5.74, 6) is -0.376. The minimum absolute atomic E-state index is 0.324. The van der Waals surface area contributed by atoms with Gasteiger partial charge in [-0.1, -0.05) is 29.3 Å². The van der Waals surface area contributed by atoms with E-state index in [2.05, 4.69) is 9.44 Å².